The molecule has 0 bridgehead atoms. The molecule has 0 aliphatic carbocycles. The maximum Gasteiger partial charge on any atom is 0.324 e. The zero-order valence-corrected chi connectivity index (χ0v) is 9.66. The Morgan fingerprint density at radius 3 is 2.64 bits per heavy atom. The number of hydrogen-bond donors (Lipinski definition) is 0. The van der Waals surface area contributed by atoms with Gasteiger partial charge >= 0.3 is 5.97 Å². The smallest absolute Gasteiger partial charge is 0.324 e. The Labute approximate surface area is 92.4 Å². The first-order chi connectivity index (χ1) is 6.75. The normalized spacial score (nSPS) is 12.1. The largest absolute Gasteiger partial charge is 0.465 e. The van der Waals surface area contributed by atoms with Crippen LogP contribution in [-0.4, -0.2) is 12.6 Å². The summed E-state index contributed by atoms with van der Waals surface area (Å²) in [5.41, 5.74) is 0.925. The molecule has 2 nitrogen and oxygen atoms in total. The predicted octanol–water partition coefficient (Wildman–Crippen LogP) is 3.08. The van der Waals surface area contributed by atoms with Gasteiger partial charge < -0.3 is 4.74 Å². The van der Waals surface area contributed by atoms with Crippen LogP contribution in [0.1, 0.15) is 23.7 Å². The fraction of sp³-hybridized carbons (Fsp3) is 0.364. The van der Waals surface area contributed by atoms with Gasteiger partial charge in [-0.3, -0.25) is 4.79 Å². The SMILES string of the molecule is CCCOC(=O)[C@H](Br)c1ccccc1. The highest BCUT2D eigenvalue weighted by Crippen LogP contribution is 2.23. The zero-order chi connectivity index (χ0) is 10.4. The van der Waals surface area contributed by atoms with Gasteiger partial charge in [0, 0.05) is 0 Å². The Morgan fingerprint density at radius 1 is 1.43 bits per heavy atom. The molecule has 0 saturated heterocycles. The van der Waals surface area contributed by atoms with E-state index in [9.17, 15) is 4.79 Å². The van der Waals surface area contributed by atoms with E-state index < -0.39 is 0 Å². The molecule has 0 unspecified atom stereocenters. The molecule has 0 aromatic heterocycles. The van der Waals surface area contributed by atoms with E-state index in [4.69, 9.17) is 4.74 Å². The van der Waals surface area contributed by atoms with Crippen LogP contribution in [0.15, 0.2) is 30.3 Å². The van der Waals surface area contributed by atoms with Gasteiger partial charge in [-0.1, -0.05) is 53.2 Å². The van der Waals surface area contributed by atoms with Gasteiger partial charge in [0.25, 0.3) is 0 Å². The molecule has 0 heterocycles. The number of carbonyl (C=O) groups excluding carboxylic acids is 1. The van der Waals surface area contributed by atoms with Crippen LogP contribution in [0.5, 0.6) is 0 Å². The molecule has 0 spiro atoms. The number of esters is 1. The third-order valence-electron chi connectivity index (χ3n) is 1.75. The van der Waals surface area contributed by atoms with E-state index in [1.807, 2.05) is 37.3 Å². The number of benzene rings is 1. The second-order valence-electron chi connectivity index (χ2n) is 2.94. The summed E-state index contributed by atoms with van der Waals surface area (Å²) < 4.78 is 5.02. The Balaban J connectivity index is 2.57. The third-order valence-corrected chi connectivity index (χ3v) is 2.65. The molecular formula is C11H13BrO2. The molecule has 1 atom stereocenters. The molecule has 1 aromatic carbocycles. The molecule has 3 heteroatoms. The molecule has 14 heavy (non-hydrogen) atoms. The first-order valence-electron chi connectivity index (χ1n) is 4.61. The van der Waals surface area contributed by atoms with Crippen molar-refractivity contribution >= 4 is 21.9 Å². The maximum absolute atomic E-state index is 11.4. The summed E-state index contributed by atoms with van der Waals surface area (Å²) in [4.78, 5) is 11.1. The number of halogens is 1. The molecule has 0 amide bonds. The Morgan fingerprint density at radius 2 is 2.07 bits per heavy atom. The lowest BCUT2D eigenvalue weighted by Crippen LogP contribution is -2.11. The molecule has 1 aromatic rings. The second-order valence-corrected chi connectivity index (χ2v) is 3.86. The van der Waals surface area contributed by atoms with Crippen LogP contribution in [0.3, 0.4) is 0 Å². The van der Waals surface area contributed by atoms with Gasteiger partial charge in [-0.05, 0) is 12.0 Å². The number of hydrogen-bond acceptors (Lipinski definition) is 2. The minimum atomic E-state index is -0.352. The van der Waals surface area contributed by atoms with Crippen LogP contribution in [-0.2, 0) is 9.53 Å². The van der Waals surface area contributed by atoms with Gasteiger partial charge in [-0.2, -0.15) is 0 Å². The molecule has 0 N–H and O–H groups in total. The molecule has 1 rings (SSSR count). The molecule has 0 radical (unpaired) electrons. The zero-order valence-electron chi connectivity index (χ0n) is 8.07. The van der Waals surface area contributed by atoms with Gasteiger partial charge in [-0.15, -0.1) is 0 Å². The Hall–Kier alpha value is -0.830. The summed E-state index contributed by atoms with van der Waals surface area (Å²) >= 11 is 3.31. The van der Waals surface area contributed by atoms with Crippen molar-refractivity contribution in [3.8, 4) is 0 Å². The van der Waals surface area contributed by atoms with Gasteiger partial charge in [0.2, 0.25) is 0 Å². The van der Waals surface area contributed by atoms with Crippen molar-refractivity contribution < 1.29 is 9.53 Å². The lowest BCUT2D eigenvalue weighted by Gasteiger charge is -2.09. The molecule has 0 aliphatic rings. The highest BCUT2D eigenvalue weighted by atomic mass is 79.9. The van der Waals surface area contributed by atoms with Crippen LogP contribution < -0.4 is 0 Å². The maximum atomic E-state index is 11.4. The van der Waals surface area contributed by atoms with Crippen LogP contribution in [0.2, 0.25) is 0 Å². The molecular weight excluding hydrogens is 244 g/mol. The number of rotatable bonds is 4. The Bertz CT molecular complexity index is 285. The first kappa shape index (κ1) is 11.2. The van der Waals surface area contributed by atoms with Crippen molar-refractivity contribution in [2.75, 3.05) is 6.61 Å². The molecule has 0 fully saturated rings. The van der Waals surface area contributed by atoms with Gasteiger partial charge in [-0.25, -0.2) is 0 Å². The van der Waals surface area contributed by atoms with Crippen LogP contribution in [0.25, 0.3) is 0 Å². The number of carbonyl (C=O) groups is 1. The second kappa shape index (κ2) is 5.81. The topological polar surface area (TPSA) is 26.3 Å². The van der Waals surface area contributed by atoms with Gasteiger partial charge in [0.1, 0.15) is 4.83 Å². The first-order valence-corrected chi connectivity index (χ1v) is 5.53. The van der Waals surface area contributed by atoms with Crippen molar-refractivity contribution in [3.05, 3.63) is 35.9 Å². The monoisotopic (exact) mass is 256 g/mol. The standard InChI is InChI=1S/C11H13BrO2/c1-2-8-14-11(13)10(12)9-6-4-3-5-7-9/h3-7,10H,2,8H2,1H3/t10-/m1/s1. The summed E-state index contributed by atoms with van der Waals surface area (Å²) in [5.74, 6) is -0.224. The van der Waals surface area contributed by atoms with E-state index in [2.05, 4.69) is 15.9 Å². The fourth-order valence-corrected chi connectivity index (χ4v) is 1.47. The van der Waals surface area contributed by atoms with E-state index in [0.717, 1.165) is 12.0 Å². The average molecular weight is 257 g/mol. The van der Waals surface area contributed by atoms with Crippen molar-refractivity contribution in [2.45, 2.75) is 18.2 Å². The highest BCUT2D eigenvalue weighted by Gasteiger charge is 2.17. The van der Waals surface area contributed by atoms with Crippen molar-refractivity contribution in [1.29, 1.82) is 0 Å². The van der Waals surface area contributed by atoms with E-state index in [0.29, 0.717) is 6.61 Å². The summed E-state index contributed by atoms with van der Waals surface area (Å²) in [6, 6.07) is 9.51. The van der Waals surface area contributed by atoms with E-state index >= 15 is 0 Å². The van der Waals surface area contributed by atoms with Gasteiger partial charge in [0.15, 0.2) is 0 Å². The summed E-state index contributed by atoms with van der Waals surface area (Å²) in [5, 5.41) is 0. The van der Waals surface area contributed by atoms with Crippen LogP contribution in [0, 0.1) is 0 Å². The predicted molar refractivity (Wildman–Crippen MR) is 59.4 cm³/mol. The third kappa shape index (κ3) is 3.14. The molecule has 0 saturated carbocycles. The Kier molecular flexibility index (Phi) is 4.66. The van der Waals surface area contributed by atoms with E-state index in [1.165, 1.54) is 0 Å². The van der Waals surface area contributed by atoms with Crippen LogP contribution in [0.4, 0.5) is 0 Å². The van der Waals surface area contributed by atoms with Crippen molar-refractivity contribution in [2.24, 2.45) is 0 Å². The van der Waals surface area contributed by atoms with E-state index in [-0.39, 0.29) is 10.8 Å². The van der Waals surface area contributed by atoms with E-state index in [1.54, 1.807) is 0 Å². The minimum Gasteiger partial charge on any atom is -0.465 e. The highest BCUT2D eigenvalue weighted by molar-refractivity contribution is 9.09. The minimum absolute atomic E-state index is 0.224. The summed E-state index contributed by atoms with van der Waals surface area (Å²) in [7, 11) is 0. The van der Waals surface area contributed by atoms with Crippen molar-refractivity contribution in [3.63, 3.8) is 0 Å². The van der Waals surface area contributed by atoms with Crippen molar-refractivity contribution in [1.82, 2.24) is 0 Å². The average Bonchev–Trinajstić information content (AvgIpc) is 2.26. The lowest BCUT2D eigenvalue weighted by atomic mass is 10.1. The summed E-state index contributed by atoms with van der Waals surface area (Å²) in [6.45, 7) is 2.45. The lowest BCUT2D eigenvalue weighted by molar-refractivity contribution is -0.142. The number of alkyl halides is 1. The summed E-state index contributed by atoms with van der Waals surface area (Å²) in [6.07, 6.45) is 0.847. The van der Waals surface area contributed by atoms with Gasteiger partial charge in [0.05, 0.1) is 6.61 Å². The fourth-order valence-electron chi connectivity index (χ4n) is 1.03. The molecule has 0 aliphatic heterocycles. The number of ether oxygens (including phenoxy) is 1. The van der Waals surface area contributed by atoms with Crippen LogP contribution >= 0.6 is 15.9 Å². The quantitative estimate of drug-likeness (QED) is 0.612. The molecule has 76 valence electrons.